The maximum absolute atomic E-state index is 13.5. The van der Waals surface area contributed by atoms with Gasteiger partial charge in [0.2, 0.25) is 5.91 Å². The summed E-state index contributed by atoms with van der Waals surface area (Å²) in [6, 6.07) is 15.3. The molecular formula is C26H32N2O6S. The van der Waals surface area contributed by atoms with Gasteiger partial charge in [0.15, 0.2) is 4.90 Å². The van der Waals surface area contributed by atoms with Gasteiger partial charge >= 0.3 is 6.09 Å². The van der Waals surface area contributed by atoms with Crippen LogP contribution in [0.2, 0.25) is 0 Å². The second-order valence-electron chi connectivity index (χ2n) is 8.89. The number of carbonyl (C=O) groups excluding carboxylic acids is 2. The van der Waals surface area contributed by atoms with Gasteiger partial charge in [0.05, 0.1) is 13.2 Å². The van der Waals surface area contributed by atoms with Crippen LogP contribution in [0.25, 0.3) is 0 Å². The van der Waals surface area contributed by atoms with Gasteiger partial charge in [-0.3, -0.25) is 9.69 Å². The van der Waals surface area contributed by atoms with E-state index in [1.165, 1.54) is 4.90 Å². The highest BCUT2D eigenvalue weighted by Crippen LogP contribution is 2.28. The van der Waals surface area contributed by atoms with Gasteiger partial charge in [-0.15, -0.1) is 0 Å². The van der Waals surface area contributed by atoms with Crippen LogP contribution in [0.4, 0.5) is 4.79 Å². The second-order valence-corrected chi connectivity index (χ2v) is 10.4. The van der Waals surface area contributed by atoms with Crippen molar-refractivity contribution in [2.75, 3.05) is 26.0 Å². The number of carbonyl (C=O) groups is 2. The number of hydrogen-bond donors (Lipinski definition) is 1. The van der Waals surface area contributed by atoms with Crippen LogP contribution in [0.3, 0.4) is 0 Å². The van der Waals surface area contributed by atoms with Gasteiger partial charge in [0, 0.05) is 13.1 Å². The van der Waals surface area contributed by atoms with Crippen molar-refractivity contribution in [2.45, 2.75) is 55.4 Å². The highest BCUT2D eigenvalue weighted by Gasteiger charge is 2.43. The zero-order valence-electron chi connectivity index (χ0n) is 19.9. The Hall–Kier alpha value is -2.75. The lowest BCUT2D eigenvalue weighted by molar-refractivity contribution is -0.138. The first-order valence-corrected chi connectivity index (χ1v) is 13.3. The molecule has 9 heteroatoms. The molecule has 0 spiro atoms. The van der Waals surface area contributed by atoms with Crippen LogP contribution in [-0.2, 0) is 27.3 Å². The summed E-state index contributed by atoms with van der Waals surface area (Å²) in [4.78, 5) is 30.0. The Bertz CT molecular complexity index is 989. The van der Waals surface area contributed by atoms with Crippen LogP contribution in [-0.4, -0.2) is 75.6 Å². The Balaban J connectivity index is 1.36. The van der Waals surface area contributed by atoms with E-state index in [0.29, 0.717) is 36.6 Å². The molecule has 0 aliphatic carbocycles. The van der Waals surface area contributed by atoms with E-state index >= 15 is 0 Å². The van der Waals surface area contributed by atoms with E-state index in [1.54, 1.807) is 36.3 Å². The van der Waals surface area contributed by atoms with Crippen molar-refractivity contribution in [3.8, 4) is 5.75 Å². The summed E-state index contributed by atoms with van der Waals surface area (Å²) in [6.07, 6.45) is 1.26. The number of rotatable bonds is 8. The predicted octanol–water partition coefficient (Wildman–Crippen LogP) is 2.96. The number of aliphatic hydroxyl groups excluding tert-OH is 1. The van der Waals surface area contributed by atoms with Crippen LogP contribution in [0.15, 0.2) is 59.5 Å². The summed E-state index contributed by atoms with van der Waals surface area (Å²) < 4.78 is 23.4. The predicted molar refractivity (Wildman–Crippen MR) is 131 cm³/mol. The fourth-order valence-electron chi connectivity index (χ4n) is 4.79. The van der Waals surface area contributed by atoms with E-state index in [4.69, 9.17) is 9.47 Å². The van der Waals surface area contributed by atoms with Gasteiger partial charge in [-0.05, 0) is 66.7 Å². The van der Waals surface area contributed by atoms with Crippen LogP contribution < -0.4 is 4.74 Å². The van der Waals surface area contributed by atoms with Crippen LogP contribution in [0.1, 0.15) is 31.2 Å². The van der Waals surface area contributed by atoms with Crippen molar-refractivity contribution >= 4 is 23.2 Å². The Morgan fingerprint density at radius 1 is 1.06 bits per heavy atom. The minimum Gasteiger partial charge on any atom is -0.611 e. The minimum absolute atomic E-state index is 0.0360. The zero-order chi connectivity index (χ0) is 24.8. The van der Waals surface area contributed by atoms with E-state index in [1.807, 2.05) is 30.3 Å². The highest BCUT2D eigenvalue weighted by molar-refractivity contribution is 7.91. The normalized spacial score (nSPS) is 21.6. The lowest BCUT2D eigenvalue weighted by Crippen LogP contribution is -2.52. The van der Waals surface area contributed by atoms with Gasteiger partial charge in [0.25, 0.3) is 0 Å². The molecule has 1 N–H and O–H groups in total. The average Bonchev–Trinajstić information content (AvgIpc) is 3.58. The van der Waals surface area contributed by atoms with E-state index in [0.717, 1.165) is 18.4 Å². The number of aliphatic hydroxyl groups is 1. The molecule has 8 nitrogen and oxygen atoms in total. The van der Waals surface area contributed by atoms with Crippen molar-refractivity contribution in [1.29, 1.82) is 0 Å². The molecule has 2 saturated heterocycles. The second kappa shape index (κ2) is 11.8. The van der Waals surface area contributed by atoms with E-state index in [9.17, 15) is 19.2 Å². The fourth-order valence-corrected chi connectivity index (χ4v) is 5.96. The van der Waals surface area contributed by atoms with Crippen LogP contribution >= 0.6 is 0 Å². The summed E-state index contributed by atoms with van der Waals surface area (Å²) >= 11 is -1.41. The zero-order valence-corrected chi connectivity index (χ0v) is 20.7. The molecule has 2 unspecified atom stereocenters. The molecule has 0 bridgehead atoms. The molecule has 35 heavy (non-hydrogen) atoms. The lowest BCUT2D eigenvalue weighted by atomic mass is 10.1. The Morgan fingerprint density at radius 3 is 2.46 bits per heavy atom. The van der Waals surface area contributed by atoms with Gasteiger partial charge < -0.3 is 24.0 Å². The molecule has 0 aromatic heterocycles. The van der Waals surface area contributed by atoms with Crippen molar-refractivity contribution in [2.24, 2.45) is 0 Å². The van der Waals surface area contributed by atoms with E-state index < -0.39 is 35.5 Å². The molecule has 2 aliphatic heterocycles. The molecule has 0 radical (unpaired) electrons. The molecule has 2 fully saturated rings. The first-order valence-electron chi connectivity index (χ1n) is 12.0. The summed E-state index contributed by atoms with van der Waals surface area (Å²) in [5.41, 5.74) is 0.885. The molecule has 2 aromatic rings. The quantitative estimate of drug-likeness (QED) is 0.559. The largest absolute Gasteiger partial charge is 0.611 e. The number of ether oxygens (including phenoxy) is 2. The topological polar surface area (TPSA) is 102 Å². The third kappa shape index (κ3) is 6.09. The maximum atomic E-state index is 13.5. The van der Waals surface area contributed by atoms with Crippen molar-refractivity contribution in [3.05, 3.63) is 60.2 Å². The summed E-state index contributed by atoms with van der Waals surface area (Å²) in [7, 11) is 1.57. The SMILES string of the molecule is COc1ccc([S+]([O-])CC(O)[C@@H]2CCCN2C(=O)[C@@H]2CCCN2C(=O)OCc2ccccc2)cc1. The van der Waals surface area contributed by atoms with Crippen molar-refractivity contribution < 1.29 is 28.7 Å². The molecule has 2 heterocycles. The number of nitrogens with zero attached hydrogens (tertiary/aromatic N) is 2. The number of methoxy groups -OCH3 is 1. The van der Waals surface area contributed by atoms with Crippen LogP contribution in [0.5, 0.6) is 5.75 Å². The Kier molecular flexibility index (Phi) is 8.54. The molecule has 2 aromatic carbocycles. The standard InChI is InChI=1S/C26H32N2O6S/c1-33-20-11-13-21(14-12-20)35(32)18-24(29)22-9-5-15-27(22)25(30)23-10-6-16-28(23)26(31)34-17-19-7-3-2-4-8-19/h2-4,7-8,11-14,22-24,29H,5-6,9-10,15-18H2,1H3/t22-,23-,24?,35?/m0/s1. The van der Waals surface area contributed by atoms with Gasteiger partial charge in [0.1, 0.15) is 30.3 Å². The van der Waals surface area contributed by atoms with Crippen molar-refractivity contribution in [3.63, 3.8) is 0 Å². The fraction of sp³-hybridized carbons (Fsp3) is 0.462. The van der Waals surface area contributed by atoms with Crippen molar-refractivity contribution in [1.82, 2.24) is 9.80 Å². The molecule has 4 atom stereocenters. The highest BCUT2D eigenvalue weighted by atomic mass is 32.2. The summed E-state index contributed by atoms with van der Waals surface area (Å²) in [6.45, 7) is 1.13. The average molecular weight is 501 g/mol. The monoisotopic (exact) mass is 500 g/mol. The Morgan fingerprint density at radius 2 is 1.74 bits per heavy atom. The van der Waals surface area contributed by atoms with Gasteiger partial charge in [-0.1, -0.05) is 30.3 Å². The summed E-state index contributed by atoms with van der Waals surface area (Å²) in [5.74, 6) is 0.534. The third-order valence-electron chi connectivity index (χ3n) is 6.65. The molecule has 188 valence electrons. The number of likely N-dealkylation sites (tertiary alicyclic amines) is 2. The summed E-state index contributed by atoms with van der Waals surface area (Å²) in [5, 5.41) is 10.9. The van der Waals surface area contributed by atoms with Crippen LogP contribution in [0, 0.1) is 0 Å². The van der Waals surface area contributed by atoms with Gasteiger partial charge in [-0.25, -0.2) is 4.79 Å². The molecule has 4 rings (SSSR count). The Labute approximate surface area is 209 Å². The first kappa shape index (κ1) is 25.3. The maximum Gasteiger partial charge on any atom is 0.410 e. The minimum atomic E-state index is -1.41. The first-order chi connectivity index (χ1) is 17.0. The molecule has 2 aliphatic rings. The number of amides is 2. The molecule has 0 saturated carbocycles. The van der Waals surface area contributed by atoms with E-state index in [2.05, 4.69) is 0 Å². The molecule has 2 amide bonds. The number of hydrogen-bond acceptors (Lipinski definition) is 6. The third-order valence-corrected chi connectivity index (χ3v) is 8.09. The lowest BCUT2D eigenvalue weighted by Gasteiger charge is -2.33. The smallest absolute Gasteiger partial charge is 0.410 e. The number of benzene rings is 2. The van der Waals surface area contributed by atoms with Gasteiger partial charge in [-0.2, -0.15) is 0 Å². The molecular weight excluding hydrogens is 468 g/mol. The van der Waals surface area contributed by atoms with E-state index in [-0.39, 0.29) is 18.3 Å².